The fourth-order valence-corrected chi connectivity index (χ4v) is 1.92. The third-order valence-corrected chi connectivity index (χ3v) is 2.95. The van der Waals surface area contributed by atoms with Crippen LogP contribution in [-0.2, 0) is 9.47 Å². The molecule has 0 unspecified atom stereocenters. The molecule has 0 aromatic heterocycles. The summed E-state index contributed by atoms with van der Waals surface area (Å²) in [6.45, 7) is 4.39. The standard InChI is InChI=1S/C12H23N3O4/c1-3-19-12(17)15-7-4-10(5-8-15)14-11(16)13-6-9-18-2/h10H,3-9H2,1-2H3,(H2,13,14,16). The fraction of sp³-hybridized carbons (Fsp3) is 0.833. The van der Waals surface area contributed by atoms with Crippen molar-refractivity contribution in [1.82, 2.24) is 15.5 Å². The first kappa shape index (κ1) is 15.6. The van der Waals surface area contributed by atoms with Gasteiger partial charge in [-0.3, -0.25) is 0 Å². The summed E-state index contributed by atoms with van der Waals surface area (Å²) in [5, 5.41) is 5.59. The van der Waals surface area contributed by atoms with Crippen LogP contribution in [0.3, 0.4) is 0 Å². The molecule has 1 aliphatic heterocycles. The molecule has 0 saturated carbocycles. The van der Waals surface area contributed by atoms with E-state index in [0.29, 0.717) is 32.8 Å². The van der Waals surface area contributed by atoms with Crippen molar-refractivity contribution in [2.75, 3.05) is 40.0 Å². The number of urea groups is 1. The molecule has 0 aliphatic carbocycles. The summed E-state index contributed by atoms with van der Waals surface area (Å²) >= 11 is 0. The SMILES string of the molecule is CCOC(=O)N1CCC(NC(=O)NCCOC)CC1. The van der Waals surface area contributed by atoms with Gasteiger partial charge in [-0.15, -0.1) is 0 Å². The Bertz CT molecular complexity index is 291. The molecule has 7 nitrogen and oxygen atoms in total. The average Bonchev–Trinajstić information content (AvgIpc) is 2.40. The highest BCUT2D eigenvalue weighted by Gasteiger charge is 2.24. The molecule has 0 spiro atoms. The van der Waals surface area contributed by atoms with Gasteiger partial charge < -0.3 is 25.0 Å². The van der Waals surface area contributed by atoms with E-state index in [1.54, 1.807) is 18.9 Å². The van der Waals surface area contributed by atoms with Crippen LogP contribution in [0.5, 0.6) is 0 Å². The first-order valence-electron chi connectivity index (χ1n) is 6.62. The Labute approximate surface area is 113 Å². The number of hydrogen-bond acceptors (Lipinski definition) is 4. The molecule has 0 aromatic carbocycles. The van der Waals surface area contributed by atoms with Crippen molar-refractivity contribution >= 4 is 12.1 Å². The lowest BCUT2D eigenvalue weighted by molar-refractivity contribution is 0.0957. The molecule has 0 bridgehead atoms. The highest BCUT2D eigenvalue weighted by atomic mass is 16.6. The molecular weight excluding hydrogens is 250 g/mol. The van der Waals surface area contributed by atoms with Crippen molar-refractivity contribution in [1.29, 1.82) is 0 Å². The lowest BCUT2D eigenvalue weighted by Crippen LogP contribution is -2.49. The number of amides is 3. The fourth-order valence-electron chi connectivity index (χ4n) is 1.92. The van der Waals surface area contributed by atoms with Crippen LogP contribution in [-0.4, -0.2) is 63.0 Å². The van der Waals surface area contributed by atoms with Gasteiger partial charge in [-0.2, -0.15) is 0 Å². The molecule has 1 heterocycles. The minimum atomic E-state index is -0.273. The van der Waals surface area contributed by atoms with Crippen LogP contribution in [0.4, 0.5) is 9.59 Å². The largest absolute Gasteiger partial charge is 0.450 e. The Morgan fingerprint density at radius 3 is 2.58 bits per heavy atom. The highest BCUT2D eigenvalue weighted by Crippen LogP contribution is 2.11. The van der Waals surface area contributed by atoms with Gasteiger partial charge in [-0.05, 0) is 19.8 Å². The topological polar surface area (TPSA) is 79.9 Å². The molecule has 110 valence electrons. The first-order chi connectivity index (χ1) is 9.17. The van der Waals surface area contributed by atoms with Gasteiger partial charge in [0.2, 0.25) is 0 Å². The van der Waals surface area contributed by atoms with E-state index >= 15 is 0 Å². The Hall–Kier alpha value is -1.50. The second-order valence-electron chi connectivity index (χ2n) is 4.35. The molecule has 19 heavy (non-hydrogen) atoms. The smallest absolute Gasteiger partial charge is 0.409 e. The van der Waals surface area contributed by atoms with Crippen molar-refractivity contribution in [3.8, 4) is 0 Å². The molecule has 0 radical (unpaired) electrons. The number of likely N-dealkylation sites (tertiary alicyclic amines) is 1. The molecule has 0 aromatic rings. The summed E-state index contributed by atoms with van der Waals surface area (Å²) < 4.78 is 9.78. The van der Waals surface area contributed by atoms with Gasteiger partial charge in [0.1, 0.15) is 0 Å². The number of carbonyl (C=O) groups excluding carboxylic acids is 2. The third-order valence-electron chi connectivity index (χ3n) is 2.95. The minimum Gasteiger partial charge on any atom is -0.450 e. The Balaban J connectivity index is 2.19. The molecule has 3 amide bonds. The lowest BCUT2D eigenvalue weighted by atomic mass is 10.1. The molecule has 1 fully saturated rings. The predicted molar refractivity (Wildman–Crippen MR) is 70.0 cm³/mol. The number of ether oxygens (including phenoxy) is 2. The molecule has 1 rings (SSSR count). The number of nitrogens with zero attached hydrogens (tertiary/aromatic N) is 1. The maximum absolute atomic E-state index is 11.5. The Morgan fingerprint density at radius 2 is 2.00 bits per heavy atom. The number of nitrogens with one attached hydrogen (secondary N) is 2. The molecule has 1 aliphatic rings. The predicted octanol–water partition coefficient (Wildman–Crippen LogP) is 0.553. The number of methoxy groups -OCH3 is 1. The number of hydrogen-bond donors (Lipinski definition) is 2. The van der Waals surface area contributed by atoms with E-state index in [-0.39, 0.29) is 18.2 Å². The van der Waals surface area contributed by atoms with Gasteiger partial charge in [0, 0.05) is 32.8 Å². The van der Waals surface area contributed by atoms with Crippen molar-refractivity contribution in [2.45, 2.75) is 25.8 Å². The summed E-state index contributed by atoms with van der Waals surface area (Å²) in [5.41, 5.74) is 0. The summed E-state index contributed by atoms with van der Waals surface area (Å²) in [5.74, 6) is 0. The Morgan fingerprint density at radius 1 is 1.32 bits per heavy atom. The number of rotatable bonds is 5. The van der Waals surface area contributed by atoms with E-state index in [1.165, 1.54) is 0 Å². The van der Waals surface area contributed by atoms with E-state index < -0.39 is 0 Å². The van der Waals surface area contributed by atoms with Gasteiger partial charge in [-0.1, -0.05) is 0 Å². The van der Waals surface area contributed by atoms with E-state index in [9.17, 15) is 9.59 Å². The monoisotopic (exact) mass is 273 g/mol. The van der Waals surface area contributed by atoms with Crippen molar-refractivity contribution in [3.63, 3.8) is 0 Å². The normalized spacial score (nSPS) is 16.0. The van der Waals surface area contributed by atoms with Gasteiger partial charge in [0.05, 0.1) is 13.2 Å². The maximum atomic E-state index is 11.5. The van der Waals surface area contributed by atoms with Crippen molar-refractivity contribution in [3.05, 3.63) is 0 Å². The Kier molecular flexibility index (Phi) is 7.02. The molecule has 7 heteroatoms. The van der Waals surface area contributed by atoms with Crippen LogP contribution in [0, 0.1) is 0 Å². The van der Waals surface area contributed by atoms with Crippen molar-refractivity contribution in [2.24, 2.45) is 0 Å². The second kappa shape index (κ2) is 8.58. The highest BCUT2D eigenvalue weighted by molar-refractivity contribution is 5.74. The zero-order chi connectivity index (χ0) is 14.1. The van der Waals surface area contributed by atoms with Gasteiger partial charge in [0.15, 0.2) is 0 Å². The number of carbonyl (C=O) groups is 2. The summed E-state index contributed by atoms with van der Waals surface area (Å²) in [6, 6.07) is -0.0835. The van der Waals surface area contributed by atoms with Crippen molar-refractivity contribution < 1.29 is 19.1 Å². The van der Waals surface area contributed by atoms with Crippen LogP contribution in [0.1, 0.15) is 19.8 Å². The van der Waals surface area contributed by atoms with E-state index in [0.717, 1.165) is 12.8 Å². The van der Waals surface area contributed by atoms with E-state index in [2.05, 4.69) is 10.6 Å². The molecule has 2 N–H and O–H groups in total. The van der Waals surface area contributed by atoms with Crippen LogP contribution in [0.25, 0.3) is 0 Å². The van der Waals surface area contributed by atoms with Gasteiger partial charge in [0.25, 0.3) is 0 Å². The lowest BCUT2D eigenvalue weighted by Gasteiger charge is -2.31. The summed E-state index contributed by atoms with van der Waals surface area (Å²) in [6.07, 6.45) is 1.22. The quantitative estimate of drug-likeness (QED) is 0.717. The second-order valence-corrected chi connectivity index (χ2v) is 4.35. The van der Waals surface area contributed by atoms with Crippen LogP contribution in [0.15, 0.2) is 0 Å². The zero-order valence-electron chi connectivity index (χ0n) is 11.6. The summed E-state index contributed by atoms with van der Waals surface area (Å²) in [4.78, 5) is 24.7. The summed E-state index contributed by atoms with van der Waals surface area (Å²) in [7, 11) is 1.59. The van der Waals surface area contributed by atoms with Crippen LogP contribution < -0.4 is 10.6 Å². The van der Waals surface area contributed by atoms with Crippen LogP contribution >= 0.6 is 0 Å². The molecule has 1 saturated heterocycles. The number of piperidine rings is 1. The molecular formula is C12H23N3O4. The molecule has 0 atom stereocenters. The van der Waals surface area contributed by atoms with Gasteiger partial charge in [-0.25, -0.2) is 9.59 Å². The minimum absolute atomic E-state index is 0.105. The maximum Gasteiger partial charge on any atom is 0.409 e. The van der Waals surface area contributed by atoms with E-state index in [4.69, 9.17) is 9.47 Å². The van der Waals surface area contributed by atoms with Gasteiger partial charge >= 0.3 is 12.1 Å². The average molecular weight is 273 g/mol. The van der Waals surface area contributed by atoms with E-state index in [1.807, 2.05) is 0 Å². The van der Waals surface area contributed by atoms with Crippen LogP contribution in [0.2, 0.25) is 0 Å². The first-order valence-corrected chi connectivity index (χ1v) is 6.62. The zero-order valence-corrected chi connectivity index (χ0v) is 11.6. The third kappa shape index (κ3) is 5.78.